The van der Waals surface area contributed by atoms with Gasteiger partial charge in [0.05, 0.1) is 17.7 Å². The number of carbonyl (C=O) groups excluding carboxylic acids is 1. The number of sulfonamides is 1. The molecule has 4 rings (SSSR count). The number of urea groups is 1. The average molecular weight is 580 g/mol. The van der Waals surface area contributed by atoms with Crippen LogP contribution in [0.15, 0.2) is 102 Å². The molecule has 4 aromatic carbocycles. The summed E-state index contributed by atoms with van der Waals surface area (Å²) < 4.78 is 47.8. The normalized spacial score (nSPS) is 10.7. The van der Waals surface area contributed by atoms with E-state index in [2.05, 4.69) is 10.6 Å². The Morgan fingerprint density at radius 2 is 1.54 bits per heavy atom. The van der Waals surface area contributed by atoms with Gasteiger partial charge in [-0.1, -0.05) is 56.3 Å². The molecule has 8 nitrogen and oxygen atoms in total. The minimum absolute atomic E-state index is 0.0166. The lowest BCUT2D eigenvalue weighted by Gasteiger charge is -2.26. The molecule has 0 aromatic heterocycles. The highest BCUT2D eigenvalue weighted by Gasteiger charge is 2.28. The van der Waals surface area contributed by atoms with Gasteiger partial charge < -0.3 is 20.5 Å². The molecule has 0 atom stereocenters. The van der Waals surface area contributed by atoms with Crippen LogP contribution in [0.3, 0.4) is 0 Å². The molecule has 0 saturated carbocycles. The molecular formula is C31H34FN3O5S. The van der Waals surface area contributed by atoms with E-state index < -0.39 is 16.1 Å². The Balaban J connectivity index is 0.00000226. The second-order valence-electron chi connectivity index (χ2n) is 8.52. The number of nitrogens with one attached hydrogen (secondary N) is 2. The first-order valence-corrected chi connectivity index (χ1v) is 14.6. The molecule has 0 aliphatic carbocycles. The van der Waals surface area contributed by atoms with Crippen LogP contribution in [0.5, 0.6) is 5.75 Å². The predicted molar refractivity (Wildman–Crippen MR) is 161 cm³/mol. The van der Waals surface area contributed by atoms with E-state index in [0.717, 1.165) is 0 Å². The van der Waals surface area contributed by atoms with Crippen molar-refractivity contribution in [3.63, 3.8) is 0 Å². The van der Waals surface area contributed by atoms with E-state index in [4.69, 9.17) is 4.74 Å². The number of nitrogens with zero attached hydrogens (tertiary/aromatic N) is 1. The van der Waals surface area contributed by atoms with Gasteiger partial charge >= 0.3 is 6.03 Å². The molecule has 41 heavy (non-hydrogen) atoms. The van der Waals surface area contributed by atoms with E-state index in [0.29, 0.717) is 22.5 Å². The van der Waals surface area contributed by atoms with Crippen molar-refractivity contribution in [1.82, 2.24) is 0 Å². The number of hydrogen-bond donors (Lipinski definition) is 3. The molecule has 10 heteroatoms. The second-order valence-corrected chi connectivity index (χ2v) is 10.4. The third-order valence-corrected chi connectivity index (χ3v) is 7.67. The van der Waals surface area contributed by atoms with E-state index in [9.17, 15) is 22.7 Å². The molecule has 3 N–H and O–H groups in total. The van der Waals surface area contributed by atoms with Crippen LogP contribution in [-0.2, 0) is 10.0 Å². The molecular weight excluding hydrogens is 545 g/mol. The minimum Gasteiger partial charge on any atom is -0.494 e. The summed E-state index contributed by atoms with van der Waals surface area (Å²) in [6.07, 6.45) is 0.180. The van der Waals surface area contributed by atoms with Gasteiger partial charge in [-0.3, -0.25) is 4.31 Å². The quantitative estimate of drug-likeness (QED) is 0.193. The van der Waals surface area contributed by atoms with Gasteiger partial charge in [-0.05, 0) is 66.1 Å². The van der Waals surface area contributed by atoms with Crippen LogP contribution in [0.4, 0.5) is 26.2 Å². The summed E-state index contributed by atoms with van der Waals surface area (Å²) in [6.45, 7) is 3.76. The second kappa shape index (κ2) is 14.8. The van der Waals surface area contributed by atoms with Gasteiger partial charge in [-0.25, -0.2) is 17.6 Å². The zero-order chi connectivity index (χ0) is 29.8. The first kappa shape index (κ1) is 31.1. The van der Waals surface area contributed by atoms with Gasteiger partial charge in [-0.15, -0.1) is 0 Å². The van der Waals surface area contributed by atoms with E-state index in [1.54, 1.807) is 54.6 Å². The lowest BCUT2D eigenvalue weighted by molar-refractivity contribution is 0.262. The molecule has 0 bridgehead atoms. The van der Waals surface area contributed by atoms with E-state index in [1.165, 1.54) is 47.8 Å². The number of halogens is 1. The van der Waals surface area contributed by atoms with Gasteiger partial charge in [0.1, 0.15) is 11.6 Å². The number of amides is 2. The lowest BCUT2D eigenvalue weighted by atomic mass is 10.1. The van der Waals surface area contributed by atoms with Crippen molar-refractivity contribution in [2.75, 3.05) is 35.2 Å². The average Bonchev–Trinajstić information content (AvgIpc) is 2.99. The van der Waals surface area contributed by atoms with Crippen LogP contribution in [0.2, 0.25) is 0 Å². The maximum absolute atomic E-state index is 13.9. The van der Waals surface area contributed by atoms with Crippen LogP contribution in [0, 0.1) is 5.82 Å². The smallest absolute Gasteiger partial charge is 0.323 e. The van der Waals surface area contributed by atoms with Crippen molar-refractivity contribution in [3.05, 3.63) is 103 Å². The Kier molecular flexibility index (Phi) is 11.3. The van der Waals surface area contributed by atoms with Crippen molar-refractivity contribution in [1.29, 1.82) is 0 Å². The van der Waals surface area contributed by atoms with Gasteiger partial charge in [0.15, 0.2) is 0 Å². The number of aliphatic hydroxyl groups is 1. The number of ether oxygens (including phenoxy) is 1. The third-order valence-electron chi connectivity index (χ3n) is 5.86. The van der Waals surface area contributed by atoms with E-state index in [-0.39, 0.29) is 41.7 Å². The zero-order valence-electron chi connectivity index (χ0n) is 23.2. The molecule has 0 heterocycles. The molecule has 0 fully saturated rings. The van der Waals surface area contributed by atoms with Crippen molar-refractivity contribution < 1.29 is 27.4 Å². The van der Waals surface area contributed by atoms with E-state index in [1.807, 2.05) is 19.9 Å². The topological polar surface area (TPSA) is 108 Å². The molecule has 0 saturated heterocycles. The molecule has 0 radical (unpaired) electrons. The Labute approximate surface area is 240 Å². The predicted octanol–water partition coefficient (Wildman–Crippen LogP) is 6.75. The Hall–Kier alpha value is -4.41. The summed E-state index contributed by atoms with van der Waals surface area (Å²) in [5, 5.41) is 14.9. The molecule has 0 unspecified atom stereocenters. The maximum Gasteiger partial charge on any atom is 0.323 e. The molecule has 216 valence electrons. The highest BCUT2D eigenvalue weighted by molar-refractivity contribution is 7.92. The summed E-state index contributed by atoms with van der Waals surface area (Å²) in [4.78, 5) is 12.5. The van der Waals surface area contributed by atoms with Crippen LogP contribution < -0.4 is 19.7 Å². The summed E-state index contributed by atoms with van der Waals surface area (Å²) in [7, 11) is -2.70. The van der Waals surface area contributed by atoms with Crippen molar-refractivity contribution >= 4 is 33.1 Å². The SMILES string of the molecule is CC.COc1cc(NC(=O)Nc2ccccc2)ccc1N(CCCO)S(=O)(=O)c1cccc(-c2ccc(F)cc2)c1. The summed E-state index contributed by atoms with van der Waals surface area (Å²) >= 11 is 0. The first-order chi connectivity index (χ1) is 19.8. The number of methoxy groups -OCH3 is 1. The van der Waals surface area contributed by atoms with E-state index >= 15 is 0 Å². The Bertz CT molecular complexity index is 1530. The maximum atomic E-state index is 13.9. The number of benzene rings is 4. The van der Waals surface area contributed by atoms with Crippen LogP contribution >= 0.6 is 0 Å². The fourth-order valence-corrected chi connectivity index (χ4v) is 5.53. The fraction of sp³-hybridized carbons (Fsp3) is 0.194. The highest BCUT2D eigenvalue weighted by atomic mass is 32.2. The largest absolute Gasteiger partial charge is 0.494 e. The highest BCUT2D eigenvalue weighted by Crippen LogP contribution is 2.36. The van der Waals surface area contributed by atoms with Crippen molar-refractivity contribution in [2.24, 2.45) is 0 Å². The number of carbonyl (C=O) groups is 1. The van der Waals surface area contributed by atoms with Gasteiger partial charge in [0, 0.05) is 30.6 Å². The zero-order valence-corrected chi connectivity index (χ0v) is 24.0. The number of rotatable bonds is 10. The standard InChI is InChI=1S/C29H28FN3O5S.C2H6/c1-38-28-20-25(32-29(35)31-24-8-3-2-4-9-24)15-16-27(28)33(17-6-18-34)39(36,37)26-10-5-7-22(19-26)21-11-13-23(30)14-12-21;1-2/h2-5,7-16,19-20,34H,6,17-18H2,1H3,(H2,31,32,35);1-2H3. The number of para-hydroxylation sites is 1. The summed E-state index contributed by atoms with van der Waals surface area (Å²) in [5.41, 5.74) is 2.52. The molecule has 4 aromatic rings. The van der Waals surface area contributed by atoms with Gasteiger partial charge in [0.25, 0.3) is 10.0 Å². The van der Waals surface area contributed by atoms with Gasteiger partial charge in [-0.2, -0.15) is 0 Å². The van der Waals surface area contributed by atoms with Crippen LogP contribution in [0.25, 0.3) is 11.1 Å². The summed E-state index contributed by atoms with van der Waals surface area (Å²) in [5.74, 6) is -0.177. The Morgan fingerprint density at radius 1 is 0.854 bits per heavy atom. The molecule has 0 aliphatic heterocycles. The first-order valence-electron chi connectivity index (χ1n) is 13.1. The molecule has 0 spiro atoms. The monoisotopic (exact) mass is 579 g/mol. The Morgan fingerprint density at radius 3 is 2.20 bits per heavy atom. The third kappa shape index (κ3) is 8.06. The fourth-order valence-electron chi connectivity index (χ4n) is 3.97. The minimum atomic E-state index is -4.11. The number of hydrogen-bond acceptors (Lipinski definition) is 5. The van der Waals surface area contributed by atoms with Crippen LogP contribution in [0.1, 0.15) is 20.3 Å². The number of anilines is 3. The summed E-state index contributed by atoms with van der Waals surface area (Å²) in [6, 6.07) is 25.2. The molecule has 2 amide bonds. The van der Waals surface area contributed by atoms with Crippen molar-refractivity contribution in [2.45, 2.75) is 25.2 Å². The van der Waals surface area contributed by atoms with Crippen LogP contribution in [-0.4, -0.2) is 39.8 Å². The van der Waals surface area contributed by atoms with Crippen molar-refractivity contribution in [3.8, 4) is 16.9 Å². The lowest BCUT2D eigenvalue weighted by Crippen LogP contribution is -2.33. The number of aliphatic hydroxyl groups excluding tert-OH is 1. The molecule has 0 aliphatic rings. The van der Waals surface area contributed by atoms with Gasteiger partial charge in [0.2, 0.25) is 0 Å².